The van der Waals surface area contributed by atoms with Gasteiger partial charge in [-0.05, 0) is 74.6 Å². The molecule has 2 aromatic rings. The van der Waals surface area contributed by atoms with Crippen LogP contribution in [0.1, 0.15) is 44.2 Å². The van der Waals surface area contributed by atoms with Gasteiger partial charge in [0, 0.05) is 18.9 Å². The Morgan fingerprint density at radius 2 is 1.86 bits per heavy atom. The molecule has 0 spiro atoms. The number of rotatable bonds is 7. The molecule has 1 aliphatic rings. The summed E-state index contributed by atoms with van der Waals surface area (Å²) in [5.74, 6) is 1.64. The zero-order valence-corrected chi connectivity index (χ0v) is 17.8. The minimum absolute atomic E-state index is 0.000890. The van der Waals surface area contributed by atoms with E-state index in [-0.39, 0.29) is 12.0 Å². The number of benzene rings is 2. The number of carbonyl (C=O) groups excluding carboxylic acids is 1. The number of hydrogen-bond donors (Lipinski definition) is 1. The largest absolute Gasteiger partial charge is 0.497 e. The summed E-state index contributed by atoms with van der Waals surface area (Å²) in [6, 6.07) is 13.6. The average molecular weight is 398 g/mol. The zero-order valence-electron chi connectivity index (χ0n) is 17.8. The van der Waals surface area contributed by atoms with Crippen molar-refractivity contribution in [2.45, 2.75) is 51.6 Å². The average Bonchev–Trinajstić information content (AvgIpc) is 2.76. The summed E-state index contributed by atoms with van der Waals surface area (Å²) in [4.78, 5) is 13.4. The van der Waals surface area contributed by atoms with Crippen molar-refractivity contribution < 1.29 is 19.0 Å². The number of anilines is 1. The third kappa shape index (κ3) is 4.73. The number of aryl methyl sites for hydroxylation is 1. The summed E-state index contributed by atoms with van der Waals surface area (Å²) >= 11 is 0. The van der Waals surface area contributed by atoms with E-state index in [0.717, 1.165) is 34.7 Å². The molecular weight excluding hydrogens is 366 g/mol. The van der Waals surface area contributed by atoms with Gasteiger partial charge in [0.2, 0.25) is 5.91 Å². The molecule has 2 aromatic carbocycles. The van der Waals surface area contributed by atoms with E-state index in [2.05, 4.69) is 19.2 Å². The van der Waals surface area contributed by atoms with Crippen LogP contribution in [0.5, 0.6) is 11.5 Å². The standard InChI is InChI=1S/C24H31NO4/c1-5-18(3)29-22-11-8-20(16-17(22)2)25-23(26)24(12-14-28-15-13-24)19-6-9-21(27-4)10-7-19/h6-11,16,18H,5,12-15H2,1-4H3,(H,25,26)/t18-/m1/s1. The van der Waals surface area contributed by atoms with Gasteiger partial charge in [-0.25, -0.2) is 0 Å². The van der Waals surface area contributed by atoms with E-state index in [1.807, 2.05) is 49.4 Å². The van der Waals surface area contributed by atoms with Gasteiger partial charge in [0.1, 0.15) is 11.5 Å². The van der Waals surface area contributed by atoms with Gasteiger partial charge in [0.25, 0.3) is 0 Å². The van der Waals surface area contributed by atoms with Crippen LogP contribution in [0.4, 0.5) is 5.69 Å². The van der Waals surface area contributed by atoms with Crippen molar-refractivity contribution in [2.75, 3.05) is 25.6 Å². The number of carbonyl (C=O) groups is 1. The first-order valence-corrected chi connectivity index (χ1v) is 10.3. The first-order valence-electron chi connectivity index (χ1n) is 10.3. The van der Waals surface area contributed by atoms with Crippen molar-refractivity contribution in [3.63, 3.8) is 0 Å². The second-order valence-corrected chi connectivity index (χ2v) is 7.69. The van der Waals surface area contributed by atoms with Crippen molar-refractivity contribution in [3.05, 3.63) is 53.6 Å². The monoisotopic (exact) mass is 397 g/mol. The highest BCUT2D eigenvalue weighted by Crippen LogP contribution is 2.37. The molecule has 1 amide bonds. The molecular formula is C24H31NO4. The second-order valence-electron chi connectivity index (χ2n) is 7.69. The highest BCUT2D eigenvalue weighted by Gasteiger charge is 2.41. The first-order chi connectivity index (χ1) is 14.0. The molecule has 0 aromatic heterocycles. The highest BCUT2D eigenvalue weighted by molar-refractivity contribution is 5.99. The van der Waals surface area contributed by atoms with E-state index in [1.165, 1.54) is 0 Å². The third-order valence-corrected chi connectivity index (χ3v) is 5.76. The maximum absolute atomic E-state index is 13.4. The lowest BCUT2D eigenvalue weighted by Crippen LogP contribution is -2.44. The fraction of sp³-hybridized carbons (Fsp3) is 0.458. The molecule has 1 fully saturated rings. The van der Waals surface area contributed by atoms with Gasteiger partial charge < -0.3 is 19.5 Å². The Bertz CT molecular complexity index is 825. The Kier molecular flexibility index (Phi) is 6.80. The van der Waals surface area contributed by atoms with Gasteiger partial charge in [-0.1, -0.05) is 19.1 Å². The third-order valence-electron chi connectivity index (χ3n) is 5.76. The smallest absolute Gasteiger partial charge is 0.235 e. The van der Waals surface area contributed by atoms with Crippen molar-refractivity contribution in [1.29, 1.82) is 0 Å². The quantitative estimate of drug-likeness (QED) is 0.724. The molecule has 1 heterocycles. The summed E-state index contributed by atoms with van der Waals surface area (Å²) in [6.07, 6.45) is 2.41. The SMILES string of the molecule is CC[C@@H](C)Oc1ccc(NC(=O)C2(c3ccc(OC)cc3)CCOCC2)cc1C. The molecule has 156 valence electrons. The molecule has 0 bridgehead atoms. The van der Waals surface area contributed by atoms with Gasteiger partial charge in [-0.2, -0.15) is 0 Å². The molecule has 1 atom stereocenters. The lowest BCUT2D eigenvalue weighted by atomic mass is 9.73. The molecule has 0 saturated carbocycles. The van der Waals surface area contributed by atoms with E-state index in [9.17, 15) is 4.79 Å². The number of nitrogens with one attached hydrogen (secondary N) is 1. The summed E-state index contributed by atoms with van der Waals surface area (Å²) < 4.78 is 16.8. The van der Waals surface area contributed by atoms with Crippen LogP contribution < -0.4 is 14.8 Å². The Labute approximate surface area is 173 Å². The van der Waals surface area contributed by atoms with Crippen molar-refractivity contribution in [3.8, 4) is 11.5 Å². The van der Waals surface area contributed by atoms with Crippen LogP contribution >= 0.6 is 0 Å². The van der Waals surface area contributed by atoms with Crippen LogP contribution in [0.25, 0.3) is 0 Å². The Hall–Kier alpha value is -2.53. The van der Waals surface area contributed by atoms with Crippen molar-refractivity contribution in [1.82, 2.24) is 0 Å². The molecule has 5 nitrogen and oxygen atoms in total. The van der Waals surface area contributed by atoms with Crippen LogP contribution in [0, 0.1) is 6.92 Å². The zero-order chi connectivity index (χ0) is 20.9. The summed E-state index contributed by atoms with van der Waals surface area (Å²) in [6.45, 7) is 7.29. The number of hydrogen-bond acceptors (Lipinski definition) is 4. The topological polar surface area (TPSA) is 56.8 Å². The molecule has 29 heavy (non-hydrogen) atoms. The van der Waals surface area contributed by atoms with E-state index >= 15 is 0 Å². The molecule has 1 N–H and O–H groups in total. The maximum Gasteiger partial charge on any atom is 0.235 e. The summed E-state index contributed by atoms with van der Waals surface area (Å²) in [5.41, 5.74) is 2.18. The number of methoxy groups -OCH3 is 1. The predicted octanol–water partition coefficient (Wildman–Crippen LogP) is 4.87. The minimum atomic E-state index is -0.607. The first kappa shape index (κ1) is 21.2. The minimum Gasteiger partial charge on any atom is -0.497 e. The normalized spacial score (nSPS) is 16.7. The fourth-order valence-corrected chi connectivity index (χ4v) is 3.69. The Balaban J connectivity index is 1.82. The van der Waals surface area contributed by atoms with Gasteiger partial charge in [-0.15, -0.1) is 0 Å². The Morgan fingerprint density at radius 1 is 1.17 bits per heavy atom. The molecule has 3 rings (SSSR count). The van der Waals surface area contributed by atoms with E-state index < -0.39 is 5.41 Å². The van der Waals surface area contributed by atoms with Gasteiger partial charge in [0.05, 0.1) is 18.6 Å². The van der Waals surface area contributed by atoms with Crippen LogP contribution in [-0.4, -0.2) is 32.3 Å². The van der Waals surface area contributed by atoms with Gasteiger partial charge >= 0.3 is 0 Å². The molecule has 1 saturated heterocycles. The molecule has 0 radical (unpaired) electrons. The summed E-state index contributed by atoms with van der Waals surface area (Å²) in [5, 5.41) is 3.13. The maximum atomic E-state index is 13.4. The van der Waals surface area contributed by atoms with E-state index in [0.29, 0.717) is 26.1 Å². The lowest BCUT2D eigenvalue weighted by Gasteiger charge is -2.36. The van der Waals surface area contributed by atoms with Crippen LogP contribution in [-0.2, 0) is 14.9 Å². The highest BCUT2D eigenvalue weighted by atomic mass is 16.5. The van der Waals surface area contributed by atoms with Gasteiger partial charge in [0.15, 0.2) is 0 Å². The predicted molar refractivity (Wildman–Crippen MR) is 115 cm³/mol. The lowest BCUT2D eigenvalue weighted by molar-refractivity contribution is -0.125. The van der Waals surface area contributed by atoms with Crippen LogP contribution in [0.2, 0.25) is 0 Å². The number of amides is 1. The molecule has 5 heteroatoms. The molecule has 1 aliphatic heterocycles. The Morgan fingerprint density at radius 3 is 2.45 bits per heavy atom. The van der Waals surface area contributed by atoms with Gasteiger partial charge in [-0.3, -0.25) is 4.79 Å². The van der Waals surface area contributed by atoms with Crippen molar-refractivity contribution in [2.24, 2.45) is 0 Å². The van der Waals surface area contributed by atoms with Crippen LogP contribution in [0.15, 0.2) is 42.5 Å². The fourth-order valence-electron chi connectivity index (χ4n) is 3.69. The van der Waals surface area contributed by atoms with Crippen molar-refractivity contribution >= 4 is 11.6 Å². The van der Waals surface area contributed by atoms with E-state index in [1.54, 1.807) is 7.11 Å². The number of ether oxygens (including phenoxy) is 3. The molecule has 0 aliphatic carbocycles. The second kappa shape index (κ2) is 9.31. The van der Waals surface area contributed by atoms with Crippen LogP contribution in [0.3, 0.4) is 0 Å². The molecule has 0 unspecified atom stereocenters. The van der Waals surface area contributed by atoms with E-state index in [4.69, 9.17) is 14.2 Å². The summed E-state index contributed by atoms with van der Waals surface area (Å²) in [7, 11) is 1.64.